The fraction of sp³-hybridized carbons (Fsp3) is 0.250. The molecule has 3 aromatic heterocycles. The summed E-state index contributed by atoms with van der Waals surface area (Å²) >= 11 is 3.43. The molecule has 0 aliphatic heterocycles. The van der Waals surface area contributed by atoms with Crippen LogP contribution in [0.5, 0.6) is 0 Å². The molecule has 180 valence electrons. The number of nitrogens with zero attached hydrogens (tertiary/aromatic N) is 6. The highest BCUT2D eigenvalue weighted by molar-refractivity contribution is 9.10. The van der Waals surface area contributed by atoms with Gasteiger partial charge in [-0.05, 0) is 57.4 Å². The number of hydrogen-bond donors (Lipinski definition) is 2. The predicted octanol–water partition coefficient (Wildman–Crippen LogP) is 4.69. The molecule has 0 aliphatic carbocycles. The Morgan fingerprint density at radius 2 is 1.97 bits per heavy atom. The Kier molecular flexibility index (Phi) is 6.44. The molecule has 1 unspecified atom stereocenters. The highest BCUT2D eigenvalue weighted by Gasteiger charge is 2.27. The van der Waals surface area contributed by atoms with Crippen molar-refractivity contribution in [1.82, 2.24) is 34.7 Å². The van der Waals surface area contributed by atoms with E-state index < -0.39 is 7.37 Å². The summed E-state index contributed by atoms with van der Waals surface area (Å²) in [6, 6.07) is 16.1. The molecule has 0 bridgehead atoms. The Labute approximate surface area is 210 Å². The van der Waals surface area contributed by atoms with Gasteiger partial charge in [-0.1, -0.05) is 37.6 Å². The van der Waals surface area contributed by atoms with Crippen molar-refractivity contribution in [2.24, 2.45) is 0 Å². The monoisotopic (exact) mass is 553 g/mol. The van der Waals surface area contributed by atoms with Crippen LogP contribution in [0.15, 0.2) is 59.3 Å². The maximum Gasteiger partial charge on any atom is 0.245 e. The Balaban J connectivity index is 1.62. The van der Waals surface area contributed by atoms with Gasteiger partial charge in [-0.25, -0.2) is 4.98 Å². The number of fused-ring (bicyclic) bond motifs is 1. The molecule has 5 aromatic rings. The lowest BCUT2D eigenvalue weighted by molar-refractivity contribution is 0.493. The number of imidazole rings is 1. The third kappa shape index (κ3) is 4.49. The molecule has 0 fully saturated rings. The normalized spacial score (nSPS) is 13.4. The Morgan fingerprint density at radius 3 is 2.71 bits per heavy atom. The van der Waals surface area contributed by atoms with Gasteiger partial charge in [0.15, 0.2) is 0 Å². The molecule has 0 spiro atoms. The third-order valence-corrected chi connectivity index (χ3v) is 8.13. The van der Waals surface area contributed by atoms with Crippen molar-refractivity contribution < 1.29 is 9.46 Å². The lowest BCUT2D eigenvalue weighted by atomic mass is 10.1. The van der Waals surface area contributed by atoms with Gasteiger partial charge in [0.1, 0.15) is 15.9 Å². The second kappa shape index (κ2) is 9.53. The van der Waals surface area contributed by atoms with Crippen molar-refractivity contribution in [1.29, 1.82) is 0 Å². The minimum absolute atomic E-state index is 0.350. The molecular formula is C24H25BrN7O2P. The summed E-state index contributed by atoms with van der Waals surface area (Å²) in [7, 11) is -3.55. The highest BCUT2D eigenvalue weighted by Crippen LogP contribution is 2.38. The summed E-state index contributed by atoms with van der Waals surface area (Å²) in [4.78, 5) is 15.1. The van der Waals surface area contributed by atoms with E-state index in [2.05, 4.69) is 71.2 Å². The standard InChI is InChI=1S/C24H25BrN7O2P/c1-3-4-12-21-26-22(25)24(35(2,33)34)32(21)15-16-8-7-11-19-17(16)13-14-31(19)20-10-6-5-9-18(20)23-27-29-30-28-23/h5-11,13-14H,3-4,12,15H2,1-2H3,(H,33,34)(H,27,28,29,30). The minimum Gasteiger partial charge on any atom is -0.340 e. The summed E-state index contributed by atoms with van der Waals surface area (Å²) in [6.07, 6.45) is 4.73. The molecule has 11 heteroatoms. The maximum absolute atomic E-state index is 12.8. The zero-order valence-electron chi connectivity index (χ0n) is 19.4. The van der Waals surface area contributed by atoms with Crippen molar-refractivity contribution in [2.75, 3.05) is 6.66 Å². The van der Waals surface area contributed by atoms with Crippen molar-refractivity contribution in [2.45, 2.75) is 32.7 Å². The zero-order chi connectivity index (χ0) is 24.6. The lowest BCUT2D eigenvalue weighted by Crippen LogP contribution is -2.21. The second-order valence-electron chi connectivity index (χ2n) is 8.50. The van der Waals surface area contributed by atoms with Crippen LogP contribution in [0.3, 0.4) is 0 Å². The Morgan fingerprint density at radius 1 is 1.14 bits per heavy atom. The van der Waals surface area contributed by atoms with E-state index in [-0.39, 0.29) is 0 Å². The number of tetrazole rings is 1. The van der Waals surface area contributed by atoms with Gasteiger partial charge in [0.05, 0.1) is 17.7 Å². The predicted molar refractivity (Wildman–Crippen MR) is 139 cm³/mol. The number of H-pyrrole nitrogens is 1. The molecule has 0 amide bonds. The quantitative estimate of drug-likeness (QED) is 0.269. The van der Waals surface area contributed by atoms with E-state index in [1.54, 1.807) is 0 Å². The molecule has 35 heavy (non-hydrogen) atoms. The average Bonchev–Trinajstić information content (AvgIpc) is 3.57. The van der Waals surface area contributed by atoms with Gasteiger partial charge in [0.25, 0.3) is 0 Å². The van der Waals surface area contributed by atoms with Crippen LogP contribution in [-0.4, -0.2) is 46.3 Å². The number of halogens is 1. The van der Waals surface area contributed by atoms with Gasteiger partial charge >= 0.3 is 0 Å². The SMILES string of the molecule is CCCCc1nc(Br)c(P(C)(=O)O)n1Cc1cccc2c1ccn2-c1ccccc1-c1nn[nH]n1. The molecular weight excluding hydrogens is 529 g/mol. The van der Waals surface area contributed by atoms with Gasteiger partial charge in [-0.2, -0.15) is 5.21 Å². The Bertz CT molecular complexity index is 1540. The van der Waals surface area contributed by atoms with Crippen molar-refractivity contribution in [3.63, 3.8) is 0 Å². The molecule has 9 nitrogen and oxygen atoms in total. The van der Waals surface area contributed by atoms with Crippen molar-refractivity contribution in [3.05, 3.63) is 70.7 Å². The van der Waals surface area contributed by atoms with Crippen LogP contribution in [0.1, 0.15) is 31.2 Å². The average molecular weight is 554 g/mol. The first-order chi connectivity index (χ1) is 16.9. The van der Waals surface area contributed by atoms with Gasteiger partial charge in [-0.3, -0.25) is 4.57 Å². The third-order valence-electron chi connectivity index (χ3n) is 6.03. The fourth-order valence-electron chi connectivity index (χ4n) is 4.44. The number of unbranched alkanes of at least 4 members (excludes halogenated alkanes) is 1. The van der Waals surface area contributed by atoms with Gasteiger partial charge < -0.3 is 14.0 Å². The van der Waals surface area contributed by atoms with E-state index in [0.717, 1.165) is 52.8 Å². The number of aryl methyl sites for hydroxylation is 1. The number of aromatic amines is 1. The summed E-state index contributed by atoms with van der Waals surface area (Å²) < 4.78 is 17.2. The number of para-hydroxylation sites is 1. The smallest absolute Gasteiger partial charge is 0.245 e. The van der Waals surface area contributed by atoms with Crippen molar-refractivity contribution in [3.8, 4) is 17.1 Å². The summed E-state index contributed by atoms with van der Waals surface area (Å²) in [5, 5.41) is 15.6. The van der Waals surface area contributed by atoms with E-state index in [9.17, 15) is 9.46 Å². The molecule has 2 aromatic carbocycles. The van der Waals surface area contributed by atoms with Crippen LogP contribution in [0.2, 0.25) is 0 Å². The maximum atomic E-state index is 12.8. The molecule has 3 heterocycles. The first-order valence-corrected chi connectivity index (χ1v) is 14.3. The molecule has 0 aliphatic rings. The largest absolute Gasteiger partial charge is 0.340 e. The summed E-state index contributed by atoms with van der Waals surface area (Å²) in [5.41, 5.74) is 4.19. The van der Waals surface area contributed by atoms with Gasteiger partial charge in [-0.15, -0.1) is 10.2 Å². The number of hydrogen-bond acceptors (Lipinski definition) is 5. The first kappa shape index (κ1) is 23.7. The van der Waals surface area contributed by atoms with Crippen molar-refractivity contribution >= 4 is 39.6 Å². The molecule has 2 N–H and O–H groups in total. The molecule has 0 saturated carbocycles. The minimum atomic E-state index is -3.55. The number of nitrogens with one attached hydrogen (secondary N) is 1. The number of rotatable bonds is 8. The van der Waals surface area contributed by atoms with E-state index in [1.807, 2.05) is 41.1 Å². The van der Waals surface area contributed by atoms with E-state index >= 15 is 0 Å². The van der Waals surface area contributed by atoms with E-state index in [1.165, 1.54) is 6.66 Å². The highest BCUT2D eigenvalue weighted by atomic mass is 79.9. The summed E-state index contributed by atoms with van der Waals surface area (Å²) in [6.45, 7) is 3.93. The van der Waals surface area contributed by atoms with Gasteiger partial charge in [0.2, 0.25) is 13.2 Å². The molecule has 5 rings (SSSR count). The van der Waals surface area contributed by atoms with Crippen LogP contribution in [0.4, 0.5) is 0 Å². The lowest BCUT2D eigenvalue weighted by Gasteiger charge is -2.15. The second-order valence-corrected chi connectivity index (χ2v) is 11.4. The van der Waals surface area contributed by atoms with Crippen LogP contribution in [0.25, 0.3) is 28.0 Å². The number of aromatic nitrogens is 7. The van der Waals surface area contributed by atoms with Crippen LogP contribution in [-0.2, 0) is 17.5 Å². The van der Waals surface area contributed by atoms with Gasteiger partial charge in [0, 0.05) is 30.2 Å². The summed E-state index contributed by atoms with van der Waals surface area (Å²) in [5.74, 6) is 1.33. The molecule has 0 radical (unpaired) electrons. The first-order valence-electron chi connectivity index (χ1n) is 11.4. The Hall–Kier alpha value is -3.07. The fourth-order valence-corrected chi connectivity index (χ4v) is 6.87. The van der Waals surface area contributed by atoms with Crippen LogP contribution < -0.4 is 5.44 Å². The van der Waals surface area contributed by atoms with E-state index in [0.29, 0.717) is 22.4 Å². The zero-order valence-corrected chi connectivity index (χ0v) is 21.9. The molecule has 0 saturated heterocycles. The van der Waals surface area contributed by atoms with Crippen LogP contribution >= 0.6 is 23.3 Å². The topological polar surface area (TPSA) is 115 Å². The van der Waals surface area contributed by atoms with E-state index in [4.69, 9.17) is 0 Å². The van der Waals surface area contributed by atoms with Crippen LogP contribution in [0, 0.1) is 0 Å². The molecule has 1 atom stereocenters. The number of benzene rings is 2.